The Labute approximate surface area is 156 Å². The third kappa shape index (κ3) is 22.6. The Bertz CT molecular complexity index is 417. The van der Waals surface area contributed by atoms with Crippen molar-refractivity contribution in [3.05, 3.63) is 0 Å². The largest absolute Gasteiger partial charge is 0.481 e. The summed E-state index contributed by atoms with van der Waals surface area (Å²) in [5.74, 6) is 10.9. The minimum Gasteiger partial charge on any atom is -0.481 e. The van der Waals surface area contributed by atoms with Crippen LogP contribution in [0.1, 0.15) is 116 Å². The molecule has 0 radical (unpaired) electrons. The van der Waals surface area contributed by atoms with Crippen LogP contribution in [-0.2, 0) is 4.79 Å². The number of aliphatic carboxylic acids is 1. The number of carboxylic acids is 1. The molecular weight excluding hydrogens is 308 g/mol. The van der Waals surface area contributed by atoms with E-state index in [-0.39, 0.29) is 6.42 Å². The van der Waals surface area contributed by atoms with Gasteiger partial charge in [-0.3, -0.25) is 4.79 Å². The maximum atomic E-state index is 10.3. The molecule has 0 saturated heterocycles. The molecule has 0 aliphatic heterocycles. The smallest absolute Gasteiger partial charge is 0.303 e. The third-order valence-electron chi connectivity index (χ3n) is 4.34. The van der Waals surface area contributed by atoms with Gasteiger partial charge in [-0.25, -0.2) is 0 Å². The van der Waals surface area contributed by atoms with Crippen molar-refractivity contribution in [2.75, 3.05) is 0 Å². The van der Waals surface area contributed by atoms with E-state index in [2.05, 4.69) is 30.6 Å². The van der Waals surface area contributed by atoms with Gasteiger partial charge < -0.3 is 5.11 Å². The lowest BCUT2D eigenvalue weighted by molar-refractivity contribution is -0.137. The second-order valence-electron chi connectivity index (χ2n) is 6.84. The molecule has 25 heavy (non-hydrogen) atoms. The number of carbonyl (C=O) groups is 1. The predicted molar refractivity (Wildman–Crippen MR) is 107 cm³/mol. The monoisotopic (exact) mass is 346 g/mol. The Morgan fingerprint density at radius 2 is 1.04 bits per heavy atom. The molecule has 2 heteroatoms. The molecule has 142 valence electrons. The van der Waals surface area contributed by atoms with Gasteiger partial charge >= 0.3 is 5.97 Å². The third-order valence-corrected chi connectivity index (χ3v) is 4.34. The minimum atomic E-state index is -0.754. The SMILES string of the molecule is CCCCCCCCCCCCCCCC#CC#CCCCC(=O)O. The van der Waals surface area contributed by atoms with E-state index in [9.17, 15) is 4.79 Å². The van der Waals surface area contributed by atoms with E-state index < -0.39 is 5.97 Å². The van der Waals surface area contributed by atoms with E-state index >= 15 is 0 Å². The molecule has 1 N–H and O–H groups in total. The molecule has 0 amide bonds. The van der Waals surface area contributed by atoms with Gasteiger partial charge in [0.2, 0.25) is 0 Å². The summed E-state index contributed by atoms with van der Waals surface area (Å²) >= 11 is 0. The van der Waals surface area contributed by atoms with E-state index in [1.54, 1.807) is 0 Å². The van der Waals surface area contributed by atoms with Gasteiger partial charge in [0.25, 0.3) is 0 Å². The fourth-order valence-electron chi connectivity index (χ4n) is 2.77. The van der Waals surface area contributed by atoms with E-state index in [1.807, 2.05) is 0 Å². The van der Waals surface area contributed by atoms with Crippen LogP contribution < -0.4 is 0 Å². The van der Waals surface area contributed by atoms with Crippen LogP contribution in [0, 0.1) is 23.7 Å². The summed E-state index contributed by atoms with van der Waals surface area (Å²) in [6.45, 7) is 2.27. The van der Waals surface area contributed by atoms with E-state index in [0.717, 1.165) is 6.42 Å². The van der Waals surface area contributed by atoms with Crippen molar-refractivity contribution in [1.82, 2.24) is 0 Å². The number of hydrogen-bond donors (Lipinski definition) is 1. The molecule has 0 unspecified atom stereocenters. The molecule has 0 aromatic heterocycles. The summed E-state index contributed by atoms with van der Waals surface area (Å²) in [5.41, 5.74) is 0. The van der Waals surface area contributed by atoms with Gasteiger partial charge in [-0.05, 0) is 24.7 Å². The molecular formula is C23H38O2. The molecule has 0 aromatic rings. The Balaban J connectivity index is 3.20. The van der Waals surface area contributed by atoms with Crippen LogP contribution in [0.5, 0.6) is 0 Å². The molecule has 0 spiro atoms. The van der Waals surface area contributed by atoms with Crippen molar-refractivity contribution < 1.29 is 9.90 Å². The molecule has 0 bridgehead atoms. The minimum absolute atomic E-state index is 0.196. The molecule has 0 rings (SSSR count). The standard InChI is InChI=1S/C23H38O2/c1-2-3-4-5-6-7-8-9-10-11-12-13-14-15-16-17-18-19-20-21-22-23(24)25/h2-15,20-22H2,1H3,(H,24,25). The van der Waals surface area contributed by atoms with Gasteiger partial charge in [0, 0.05) is 19.3 Å². The highest BCUT2D eigenvalue weighted by Gasteiger charge is 1.94. The molecule has 2 nitrogen and oxygen atoms in total. The van der Waals surface area contributed by atoms with Crippen molar-refractivity contribution in [3.63, 3.8) is 0 Å². The van der Waals surface area contributed by atoms with E-state index in [4.69, 9.17) is 5.11 Å². The first-order valence-electron chi connectivity index (χ1n) is 10.4. The average molecular weight is 347 g/mol. The van der Waals surface area contributed by atoms with Gasteiger partial charge in [-0.2, -0.15) is 0 Å². The number of unbranched alkanes of at least 4 members (excludes halogenated alkanes) is 14. The Kier molecular flexibility index (Phi) is 19.5. The normalized spacial score (nSPS) is 9.80. The Morgan fingerprint density at radius 1 is 0.640 bits per heavy atom. The van der Waals surface area contributed by atoms with Crippen molar-refractivity contribution in [3.8, 4) is 23.7 Å². The lowest BCUT2D eigenvalue weighted by Crippen LogP contribution is -1.92. The van der Waals surface area contributed by atoms with Crippen LogP contribution in [-0.4, -0.2) is 11.1 Å². The molecule has 0 aliphatic rings. The van der Waals surface area contributed by atoms with Gasteiger partial charge in [0.05, 0.1) is 0 Å². The van der Waals surface area contributed by atoms with E-state index in [0.29, 0.717) is 12.8 Å². The maximum absolute atomic E-state index is 10.3. The topological polar surface area (TPSA) is 37.3 Å². The molecule has 0 fully saturated rings. The highest BCUT2D eigenvalue weighted by atomic mass is 16.4. The first-order chi connectivity index (χ1) is 12.3. The fraction of sp³-hybridized carbons (Fsp3) is 0.783. The van der Waals surface area contributed by atoms with Gasteiger partial charge in [-0.1, -0.05) is 95.8 Å². The van der Waals surface area contributed by atoms with Crippen molar-refractivity contribution in [1.29, 1.82) is 0 Å². The number of rotatable bonds is 16. The first kappa shape index (κ1) is 23.6. The van der Waals surface area contributed by atoms with Crippen LogP contribution in [0.2, 0.25) is 0 Å². The lowest BCUT2D eigenvalue weighted by Gasteiger charge is -2.02. The van der Waals surface area contributed by atoms with Gasteiger partial charge in [-0.15, -0.1) is 0 Å². The number of carboxylic acid groups (broad SMARTS) is 1. The molecule has 0 atom stereocenters. The molecule has 0 saturated carbocycles. The highest BCUT2D eigenvalue weighted by molar-refractivity contribution is 5.66. The summed E-state index contributed by atoms with van der Waals surface area (Å²) in [5, 5.41) is 8.49. The number of hydrogen-bond acceptors (Lipinski definition) is 1. The molecule has 0 aromatic carbocycles. The van der Waals surface area contributed by atoms with Crippen molar-refractivity contribution in [2.45, 2.75) is 116 Å². The fourth-order valence-corrected chi connectivity index (χ4v) is 2.77. The predicted octanol–water partition coefficient (Wildman–Crippen LogP) is 6.73. The summed E-state index contributed by atoms with van der Waals surface area (Å²) in [6.07, 6.45) is 20.2. The Morgan fingerprint density at radius 3 is 1.48 bits per heavy atom. The average Bonchev–Trinajstić information content (AvgIpc) is 2.60. The Hall–Kier alpha value is -1.41. The lowest BCUT2D eigenvalue weighted by atomic mass is 10.0. The van der Waals surface area contributed by atoms with Crippen molar-refractivity contribution in [2.24, 2.45) is 0 Å². The zero-order valence-corrected chi connectivity index (χ0v) is 16.4. The first-order valence-corrected chi connectivity index (χ1v) is 10.4. The second kappa shape index (κ2) is 20.6. The molecule has 0 aliphatic carbocycles. The second-order valence-corrected chi connectivity index (χ2v) is 6.84. The summed E-state index contributed by atoms with van der Waals surface area (Å²) in [4.78, 5) is 10.3. The maximum Gasteiger partial charge on any atom is 0.303 e. The van der Waals surface area contributed by atoms with Crippen LogP contribution in [0.25, 0.3) is 0 Å². The quantitative estimate of drug-likeness (QED) is 0.248. The van der Waals surface area contributed by atoms with E-state index in [1.165, 1.54) is 83.5 Å². The zero-order valence-electron chi connectivity index (χ0n) is 16.4. The zero-order chi connectivity index (χ0) is 18.4. The van der Waals surface area contributed by atoms with Gasteiger partial charge in [0.15, 0.2) is 0 Å². The van der Waals surface area contributed by atoms with Gasteiger partial charge in [0.1, 0.15) is 0 Å². The molecule has 0 heterocycles. The summed E-state index contributed by atoms with van der Waals surface area (Å²) < 4.78 is 0. The van der Waals surface area contributed by atoms with Crippen LogP contribution >= 0.6 is 0 Å². The van der Waals surface area contributed by atoms with Crippen LogP contribution in [0.15, 0.2) is 0 Å². The van der Waals surface area contributed by atoms with Crippen molar-refractivity contribution >= 4 is 5.97 Å². The summed E-state index contributed by atoms with van der Waals surface area (Å²) in [7, 11) is 0. The van der Waals surface area contributed by atoms with Crippen LogP contribution in [0.3, 0.4) is 0 Å². The highest BCUT2D eigenvalue weighted by Crippen LogP contribution is 2.12. The van der Waals surface area contributed by atoms with Crippen LogP contribution in [0.4, 0.5) is 0 Å². The summed E-state index contributed by atoms with van der Waals surface area (Å²) in [6, 6.07) is 0.